The first-order valence-corrected chi connectivity index (χ1v) is 8.42. The predicted molar refractivity (Wildman–Crippen MR) is 100 cm³/mol. The molecule has 0 saturated carbocycles. The molecule has 2 aromatic carbocycles. The monoisotopic (exact) mass is 368 g/mol. The van der Waals surface area contributed by atoms with E-state index in [-0.39, 0.29) is 11.4 Å². The van der Waals surface area contributed by atoms with E-state index in [1.807, 2.05) is 24.3 Å². The Labute approximate surface area is 155 Å². The molecule has 0 atom stereocenters. The van der Waals surface area contributed by atoms with Crippen LogP contribution < -0.4 is 10.6 Å². The van der Waals surface area contributed by atoms with Crippen LogP contribution >= 0.6 is 0 Å². The van der Waals surface area contributed by atoms with Crippen LogP contribution in [0.15, 0.2) is 48.5 Å². The fraction of sp³-hybridized carbons (Fsp3) is 0.150. The number of rotatable bonds is 5. The van der Waals surface area contributed by atoms with Gasteiger partial charge in [-0.3, -0.25) is 4.79 Å². The number of halogens is 2. The van der Waals surface area contributed by atoms with Crippen LogP contribution in [0.4, 0.5) is 26.0 Å². The summed E-state index contributed by atoms with van der Waals surface area (Å²) in [5.74, 6) is -1.70. The second kappa shape index (κ2) is 7.90. The van der Waals surface area contributed by atoms with Crippen LogP contribution in [0.1, 0.15) is 28.8 Å². The summed E-state index contributed by atoms with van der Waals surface area (Å²) in [6.45, 7) is 3.74. The predicted octanol–water partition coefficient (Wildman–Crippen LogP) is 4.62. The summed E-state index contributed by atoms with van der Waals surface area (Å²) in [6.07, 6.45) is 0.946. The minimum atomic E-state index is -1.04. The maximum absolute atomic E-state index is 13.3. The SMILES string of the molecule is CCc1ccc(Nc2cc(C(=O)Nc3ccc(F)c(F)c3)nc(C)n2)cc1. The van der Waals surface area contributed by atoms with Crippen molar-refractivity contribution >= 4 is 23.1 Å². The lowest BCUT2D eigenvalue weighted by atomic mass is 10.1. The molecule has 1 heterocycles. The summed E-state index contributed by atoms with van der Waals surface area (Å²) in [5, 5.41) is 5.63. The molecule has 0 unspecified atom stereocenters. The van der Waals surface area contributed by atoms with Crippen molar-refractivity contribution in [2.24, 2.45) is 0 Å². The lowest BCUT2D eigenvalue weighted by Crippen LogP contribution is -2.15. The van der Waals surface area contributed by atoms with E-state index in [0.717, 1.165) is 24.2 Å². The Morgan fingerprint density at radius 2 is 1.67 bits per heavy atom. The molecular weight excluding hydrogens is 350 g/mol. The number of hydrogen-bond acceptors (Lipinski definition) is 4. The number of anilines is 3. The number of benzene rings is 2. The van der Waals surface area contributed by atoms with Crippen LogP contribution in [0.3, 0.4) is 0 Å². The van der Waals surface area contributed by atoms with Gasteiger partial charge in [-0.1, -0.05) is 19.1 Å². The largest absolute Gasteiger partial charge is 0.340 e. The van der Waals surface area contributed by atoms with Crippen molar-refractivity contribution in [2.75, 3.05) is 10.6 Å². The van der Waals surface area contributed by atoms with Crippen molar-refractivity contribution in [2.45, 2.75) is 20.3 Å². The highest BCUT2D eigenvalue weighted by Crippen LogP contribution is 2.18. The van der Waals surface area contributed by atoms with Crippen molar-refractivity contribution < 1.29 is 13.6 Å². The third-order valence-electron chi connectivity index (χ3n) is 3.88. The van der Waals surface area contributed by atoms with Crippen LogP contribution in [-0.2, 0) is 6.42 Å². The van der Waals surface area contributed by atoms with Gasteiger partial charge in [0, 0.05) is 23.5 Å². The molecule has 2 N–H and O–H groups in total. The molecule has 0 radical (unpaired) electrons. The van der Waals surface area contributed by atoms with Crippen LogP contribution in [0.5, 0.6) is 0 Å². The average Bonchev–Trinajstić information content (AvgIpc) is 2.65. The number of aryl methyl sites for hydroxylation is 2. The Morgan fingerprint density at radius 3 is 2.33 bits per heavy atom. The van der Waals surface area contributed by atoms with Crippen molar-refractivity contribution in [1.82, 2.24) is 9.97 Å². The molecule has 7 heteroatoms. The van der Waals surface area contributed by atoms with Gasteiger partial charge in [-0.15, -0.1) is 0 Å². The Hall–Kier alpha value is -3.35. The third-order valence-corrected chi connectivity index (χ3v) is 3.88. The number of aromatic nitrogens is 2. The molecule has 0 spiro atoms. The first-order chi connectivity index (χ1) is 12.9. The number of hydrogen-bond donors (Lipinski definition) is 2. The molecule has 0 aliphatic rings. The first-order valence-electron chi connectivity index (χ1n) is 8.42. The van der Waals surface area contributed by atoms with Gasteiger partial charge in [-0.2, -0.15) is 0 Å². The zero-order chi connectivity index (χ0) is 19.4. The zero-order valence-corrected chi connectivity index (χ0v) is 14.9. The van der Waals surface area contributed by atoms with Gasteiger partial charge in [0.05, 0.1) is 0 Å². The van der Waals surface area contributed by atoms with E-state index in [1.54, 1.807) is 6.92 Å². The van der Waals surface area contributed by atoms with E-state index in [1.165, 1.54) is 17.7 Å². The van der Waals surface area contributed by atoms with E-state index < -0.39 is 17.5 Å². The Bertz CT molecular complexity index is 974. The fourth-order valence-corrected chi connectivity index (χ4v) is 2.49. The molecule has 3 rings (SSSR count). The normalized spacial score (nSPS) is 10.5. The van der Waals surface area contributed by atoms with Crippen molar-refractivity contribution in [1.29, 1.82) is 0 Å². The zero-order valence-electron chi connectivity index (χ0n) is 14.9. The van der Waals surface area contributed by atoms with E-state index >= 15 is 0 Å². The molecule has 0 bridgehead atoms. The molecule has 0 aliphatic heterocycles. The van der Waals surface area contributed by atoms with Crippen molar-refractivity contribution in [3.63, 3.8) is 0 Å². The van der Waals surface area contributed by atoms with Gasteiger partial charge in [0.15, 0.2) is 11.6 Å². The summed E-state index contributed by atoms with van der Waals surface area (Å²) < 4.78 is 26.3. The van der Waals surface area contributed by atoms with Gasteiger partial charge in [0.1, 0.15) is 17.3 Å². The molecule has 0 saturated heterocycles. The average molecular weight is 368 g/mol. The highest BCUT2D eigenvalue weighted by atomic mass is 19.2. The lowest BCUT2D eigenvalue weighted by Gasteiger charge is -2.10. The highest BCUT2D eigenvalue weighted by Gasteiger charge is 2.12. The smallest absolute Gasteiger partial charge is 0.274 e. The molecule has 3 aromatic rings. The topological polar surface area (TPSA) is 66.9 Å². The second-order valence-electron chi connectivity index (χ2n) is 5.94. The molecule has 0 aliphatic carbocycles. The van der Waals surface area contributed by atoms with E-state index in [0.29, 0.717) is 11.6 Å². The highest BCUT2D eigenvalue weighted by molar-refractivity contribution is 6.03. The summed E-state index contributed by atoms with van der Waals surface area (Å²) in [5.41, 5.74) is 2.29. The quantitative estimate of drug-likeness (QED) is 0.689. The van der Waals surface area contributed by atoms with E-state index in [2.05, 4.69) is 27.5 Å². The van der Waals surface area contributed by atoms with Crippen LogP contribution in [0.25, 0.3) is 0 Å². The molecule has 138 valence electrons. The summed E-state index contributed by atoms with van der Waals surface area (Å²) in [4.78, 5) is 20.8. The Kier molecular flexibility index (Phi) is 5.40. The first kappa shape index (κ1) is 18.4. The number of carbonyl (C=O) groups is 1. The van der Waals surface area contributed by atoms with Gasteiger partial charge >= 0.3 is 0 Å². The second-order valence-corrected chi connectivity index (χ2v) is 5.94. The molecule has 1 aromatic heterocycles. The standard InChI is InChI=1S/C20H18F2N4O/c1-3-13-4-6-14(7-5-13)25-19-11-18(23-12(2)24-19)20(27)26-15-8-9-16(21)17(22)10-15/h4-11H,3H2,1-2H3,(H,26,27)(H,23,24,25). The lowest BCUT2D eigenvalue weighted by molar-refractivity contribution is 0.102. The van der Waals surface area contributed by atoms with Crippen molar-refractivity contribution in [3.8, 4) is 0 Å². The molecule has 27 heavy (non-hydrogen) atoms. The van der Waals surface area contributed by atoms with Gasteiger partial charge in [-0.25, -0.2) is 18.7 Å². The maximum atomic E-state index is 13.3. The minimum absolute atomic E-state index is 0.111. The van der Waals surface area contributed by atoms with Gasteiger partial charge < -0.3 is 10.6 Å². The molecule has 5 nitrogen and oxygen atoms in total. The number of nitrogens with one attached hydrogen (secondary N) is 2. The van der Waals surface area contributed by atoms with Crippen molar-refractivity contribution in [3.05, 3.63) is 77.2 Å². The third kappa shape index (κ3) is 4.63. The van der Waals surface area contributed by atoms with Gasteiger partial charge in [0.2, 0.25) is 0 Å². The Morgan fingerprint density at radius 1 is 0.963 bits per heavy atom. The molecule has 1 amide bonds. The number of carbonyl (C=O) groups excluding carboxylic acids is 1. The van der Waals surface area contributed by atoms with Gasteiger partial charge in [0.25, 0.3) is 5.91 Å². The van der Waals surface area contributed by atoms with Gasteiger partial charge in [-0.05, 0) is 43.2 Å². The van der Waals surface area contributed by atoms with Crippen LogP contribution in [0, 0.1) is 18.6 Å². The van der Waals surface area contributed by atoms with E-state index in [9.17, 15) is 13.6 Å². The van der Waals surface area contributed by atoms with Crippen LogP contribution in [0.2, 0.25) is 0 Å². The fourth-order valence-electron chi connectivity index (χ4n) is 2.49. The van der Waals surface area contributed by atoms with Crippen LogP contribution in [-0.4, -0.2) is 15.9 Å². The summed E-state index contributed by atoms with van der Waals surface area (Å²) in [7, 11) is 0. The maximum Gasteiger partial charge on any atom is 0.274 e. The Balaban J connectivity index is 1.79. The number of amides is 1. The minimum Gasteiger partial charge on any atom is -0.340 e. The summed E-state index contributed by atoms with van der Waals surface area (Å²) in [6, 6.07) is 12.5. The number of nitrogens with zero attached hydrogens (tertiary/aromatic N) is 2. The summed E-state index contributed by atoms with van der Waals surface area (Å²) >= 11 is 0. The van der Waals surface area contributed by atoms with E-state index in [4.69, 9.17) is 0 Å². The molecular formula is C20H18F2N4O. The molecule has 0 fully saturated rings.